The molecule has 0 atom stereocenters. The number of thiophene rings is 1. The zero-order valence-electron chi connectivity index (χ0n) is 12.2. The maximum atomic E-state index is 10.9. The summed E-state index contributed by atoms with van der Waals surface area (Å²) in [6.45, 7) is 2.95. The van der Waals surface area contributed by atoms with Gasteiger partial charge in [-0.3, -0.25) is 4.79 Å². The van der Waals surface area contributed by atoms with Crippen LogP contribution in [0.1, 0.15) is 23.9 Å². The second-order valence-electron chi connectivity index (χ2n) is 4.73. The summed E-state index contributed by atoms with van der Waals surface area (Å²) in [4.78, 5) is 18.6. The second-order valence-corrected chi connectivity index (χ2v) is 6.60. The lowest BCUT2D eigenvalue weighted by Crippen LogP contribution is -2.25. The van der Waals surface area contributed by atoms with Crippen LogP contribution in [0, 0.1) is 0 Å². The minimum atomic E-state index is -0.815. The third kappa shape index (κ3) is 4.66. The molecule has 0 aliphatic heterocycles. The average molecular weight is 338 g/mol. The molecule has 2 N–H and O–H groups in total. The van der Waals surface area contributed by atoms with Gasteiger partial charge in [0.15, 0.2) is 5.13 Å². The molecule has 0 radical (unpaired) electrons. The van der Waals surface area contributed by atoms with E-state index in [1.807, 2.05) is 34.7 Å². The number of aliphatic hydroxyl groups excluding tert-OH is 1. The third-order valence-electron chi connectivity index (χ3n) is 3.09. The minimum Gasteiger partial charge on any atom is -0.481 e. The van der Waals surface area contributed by atoms with Crippen molar-refractivity contribution in [2.24, 2.45) is 0 Å². The first-order valence-corrected chi connectivity index (χ1v) is 8.58. The van der Waals surface area contributed by atoms with E-state index in [9.17, 15) is 4.79 Å². The van der Waals surface area contributed by atoms with Crippen LogP contribution in [-0.4, -0.2) is 34.3 Å². The number of hydrogen-bond acceptors (Lipinski definition) is 6. The van der Waals surface area contributed by atoms with Gasteiger partial charge in [0.2, 0.25) is 0 Å². The highest BCUT2D eigenvalue weighted by molar-refractivity contribution is 7.14. The van der Waals surface area contributed by atoms with Crippen LogP contribution < -0.4 is 4.90 Å². The van der Waals surface area contributed by atoms with E-state index in [1.165, 1.54) is 16.2 Å². The SMILES string of the molecule is C/C(=C\CO)c1csc(N(CCC(=O)O)Cc2cccs2)n1. The van der Waals surface area contributed by atoms with Crippen molar-refractivity contribution in [2.75, 3.05) is 18.1 Å². The molecule has 22 heavy (non-hydrogen) atoms. The van der Waals surface area contributed by atoms with Crippen LogP contribution in [0.3, 0.4) is 0 Å². The number of aromatic nitrogens is 1. The molecular formula is C15H18N2O3S2. The number of thiazole rings is 1. The van der Waals surface area contributed by atoms with E-state index in [4.69, 9.17) is 10.2 Å². The molecule has 0 saturated heterocycles. The van der Waals surface area contributed by atoms with Gasteiger partial charge in [0.05, 0.1) is 25.3 Å². The Balaban J connectivity index is 2.16. The van der Waals surface area contributed by atoms with Gasteiger partial charge in [0.1, 0.15) is 0 Å². The monoisotopic (exact) mass is 338 g/mol. The first-order valence-electron chi connectivity index (χ1n) is 6.82. The molecule has 0 aliphatic rings. The maximum absolute atomic E-state index is 10.9. The highest BCUT2D eigenvalue weighted by Gasteiger charge is 2.14. The molecule has 2 aromatic heterocycles. The number of carboxylic acid groups (broad SMARTS) is 1. The Morgan fingerprint density at radius 2 is 2.27 bits per heavy atom. The number of hydrogen-bond donors (Lipinski definition) is 2. The number of allylic oxidation sites excluding steroid dienone is 1. The number of rotatable bonds is 8. The van der Waals surface area contributed by atoms with E-state index in [-0.39, 0.29) is 13.0 Å². The Kier molecular flexibility index (Phi) is 6.11. The number of nitrogens with zero attached hydrogens (tertiary/aromatic N) is 2. The third-order valence-corrected chi connectivity index (χ3v) is 4.85. The molecule has 0 amide bonds. The number of aliphatic hydroxyl groups is 1. The van der Waals surface area contributed by atoms with Gasteiger partial charge in [-0.1, -0.05) is 12.1 Å². The van der Waals surface area contributed by atoms with Crippen molar-refractivity contribution in [3.8, 4) is 0 Å². The van der Waals surface area contributed by atoms with E-state index in [2.05, 4.69) is 4.98 Å². The molecule has 0 unspecified atom stereocenters. The van der Waals surface area contributed by atoms with Gasteiger partial charge in [-0.2, -0.15) is 0 Å². The Bertz CT molecular complexity index is 635. The maximum Gasteiger partial charge on any atom is 0.305 e. The highest BCUT2D eigenvalue weighted by Crippen LogP contribution is 2.27. The lowest BCUT2D eigenvalue weighted by Gasteiger charge is -2.20. The van der Waals surface area contributed by atoms with Gasteiger partial charge in [-0.25, -0.2) is 4.98 Å². The quantitative estimate of drug-likeness (QED) is 0.774. The lowest BCUT2D eigenvalue weighted by molar-refractivity contribution is -0.136. The zero-order valence-corrected chi connectivity index (χ0v) is 13.9. The van der Waals surface area contributed by atoms with Crippen molar-refractivity contribution in [2.45, 2.75) is 19.9 Å². The standard InChI is InChI=1S/C15H18N2O3S2/c1-11(5-7-18)13-10-22-15(16-13)17(6-4-14(19)20)9-12-3-2-8-21-12/h2-3,5,8,10,18H,4,6-7,9H2,1H3,(H,19,20)/b11-5+. The van der Waals surface area contributed by atoms with Gasteiger partial charge in [-0.05, 0) is 23.9 Å². The van der Waals surface area contributed by atoms with E-state index in [1.54, 1.807) is 17.4 Å². The molecular weight excluding hydrogens is 320 g/mol. The minimum absolute atomic E-state index is 0.0172. The topological polar surface area (TPSA) is 73.7 Å². The van der Waals surface area contributed by atoms with Crippen molar-refractivity contribution in [1.82, 2.24) is 4.98 Å². The Hall–Kier alpha value is -1.70. The summed E-state index contributed by atoms with van der Waals surface area (Å²) < 4.78 is 0. The van der Waals surface area contributed by atoms with Crippen LogP contribution in [0.2, 0.25) is 0 Å². The molecule has 0 aromatic carbocycles. The van der Waals surface area contributed by atoms with E-state index < -0.39 is 5.97 Å². The fraction of sp³-hybridized carbons (Fsp3) is 0.333. The van der Waals surface area contributed by atoms with Crippen LogP contribution in [0.25, 0.3) is 5.57 Å². The molecule has 2 aromatic rings. The van der Waals surface area contributed by atoms with E-state index in [0.717, 1.165) is 16.4 Å². The summed E-state index contributed by atoms with van der Waals surface area (Å²) >= 11 is 3.13. The largest absolute Gasteiger partial charge is 0.481 e. The number of anilines is 1. The lowest BCUT2D eigenvalue weighted by atomic mass is 10.2. The van der Waals surface area contributed by atoms with Crippen LogP contribution in [-0.2, 0) is 11.3 Å². The van der Waals surface area contributed by atoms with Crippen molar-refractivity contribution in [1.29, 1.82) is 0 Å². The predicted octanol–water partition coefficient (Wildman–Crippen LogP) is 3.08. The van der Waals surface area contributed by atoms with Gasteiger partial charge in [0, 0.05) is 16.8 Å². The van der Waals surface area contributed by atoms with Gasteiger partial charge >= 0.3 is 5.97 Å². The molecule has 0 fully saturated rings. The Morgan fingerprint density at radius 3 is 2.91 bits per heavy atom. The highest BCUT2D eigenvalue weighted by atomic mass is 32.1. The number of carboxylic acids is 1. The molecule has 5 nitrogen and oxygen atoms in total. The van der Waals surface area contributed by atoms with Crippen molar-refractivity contribution in [3.63, 3.8) is 0 Å². The molecule has 0 aliphatic carbocycles. The van der Waals surface area contributed by atoms with Gasteiger partial charge in [0.25, 0.3) is 0 Å². The summed E-state index contributed by atoms with van der Waals surface area (Å²) in [5.41, 5.74) is 1.74. The average Bonchev–Trinajstić information content (AvgIpc) is 3.14. The summed E-state index contributed by atoms with van der Waals surface area (Å²) in [5, 5.41) is 22.6. The predicted molar refractivity (Wildman–Crippen MR) is 90.5 cm³/mol. The van der Waals surface area contributed by atoms with Gasteiger partial charge in [-0.15, -0.1) is 22.7 Å². The molecule has 0 bridgehead atoms. The van der Waals surface area contributed by atoms with E-state index >= 15 is 0 Å². The zero-order chi connectivity index (χ0) is 15.9. The molecule has 0 saturated carbocycles. The first-order chi connectivity index (χ1) is 10.6. The molecule has 7 heteroatoms. The Morgan fingerprint density at radius 1 is 1.45 bits per heavy atom. The summed E-state index contributed by atoms with van der Waals surface area (Å²) in [5.74, 6) is -0.815. The van der Waals surface area contributed by atoms with Crippen molar-refractivity contribution < 1.29 is 15.0 Å². The fourth-order valence-corrected chi connectivity index (χ4v) is 3.53. The van der Waals surface area contributed by atoms with Gasteiger partial charge < -0.3 is 15.1 Å². The summed E-state index contributed by atoms with van der Waals surface area (Å²) in [6.07, 6.45) is 1.78. The molecule has 0 spiro atoms. The van der Waals surface area contributed by atoms with Crippen molar-refractivity contribution >= 4 is 39.3 Å². The molecule has 118 valence electrons. The number of carbonyl (C=O) groups is 1. The smallest absolute Gasteiger partial charge is 0.305 e. The fourth-order valence-electron chi connectivity index (χ4n) is 1.90. The first kappa shape index (κ1) is 16.7. The second kappa shape index (κ2) is 8.07. The number of aliphatic carboxylic acids is 1. The molecule has 2 heterocycles. The van der Waals surface area contributed by atoms with Crippen LogP contribution >= 0.6 is 22.7 Å². The molecule has 2 rings (SSSR count). The van der Waals surface area contributed by atoms with Crippen LogP contribution in [0.4, 0.5) is 5.13 Å². The summed E-state index contributed by atoms with van der Waals surface area (Å²) in [7, 11) is 0. The summed E-state index contributed by atoms with van der Waals surface area (Å²) in [6, 6.07) is 4.01. The van der Waals surface area contributed by atoms with E-state index in [0.29, 0.717) is 13.1 Å². The van der Waals surface area contributed by atoms with Crippen molar-refractivity contribution in [3.05, 3.63) is 39.5 Å². The van der Waals surface area contributed by atoms with Crippen LogP contribution in [0.5, 0.6) is 0 Å². The van der Waals surface area contributed by atoms with Crippen LogP contribution in [0.15, 0.2) is 29.0 Å². The normalized spacial score (nSPS) is 11.6. The Labute approximate surface area is 137 Å².